The Hall–Kier alpha value is -0.610. The molecule has 1 saturated carbocycles. The van der Waals surface area contributed by atoms with Gasteiger partial charge in [0.05, 0.1) is 6.42 Å². The van der Waals surface area contributed by atoms with Gasteiger partial charge in [0.25, 0.3) is 0 Å². The minimum absolute atomic E-state index is 0.187. The van der Waals surface area contributed by atoms with Crippen molar-refractivity contribution in [3.8, 4) is 0 Å². The second-order valence-corrected chi connectivity index (χ2v) is 5.87. The van der Waals surface area contributed by atoms with Crippen molar-refractivity contribution in [2.24, 2.45) is 0 Å². The summed E-state index contributed by atoms with van der Waals surface area (Å²) in [6.45, 7) is 3.11. The van der Waals surface area contributed by atoms with E-state index in [1.54, 1.807) is 0 Å². The van der Waals surface area contributed by atoms with Crippen LogP contribution in [0.1, 0.15) is 44.9 Å². The fourth-order valence-electron chi connectivity index (χ4n) is 3.41. The molecule has 1 N–H and O–H groups in total. The lowest BCUT2D eigenvalue weighted by atomic mass is 9.93. The van der Waals surface area contributed by atoms with Crippen LogP contribution in [0.25, 0.3) is 0 Å². The summed E-state index contributed by atoms with van der Waals surface area (Å²) in [6.07, 6.45) is 8.14. The summed E-state index contributed by atoms with van der Waals surface area (Å²) in [6, 6.07) is 0.897. The van der Waals surface area contributed by atoms with Crippen LogP contribution in [0, 0.1) is 0 Å². The largest absolute Gasteiger partial charge is 0.481 e. The summed E-state index contributed by atoms with van der Waals surface area (Å²) in [5.41, 5.74) is 0. The molecule has 1 unspecified atom stereocenters. The van der Waals surface area contributed by atoms with Crippen LogP contribution in [0.5, 0.6) is 0 Å². The summed E-state index contributed by atoms with van der Waals surface area (Å²) in [4.78, 5) is 15.8. The molecule has 0 amide bonds. The zero-order chi connectivity index (χ0) is 13.0. The fourth-order valence-corrected chi connectivity index (χ4v) is 3.41. The first-order valence-electron chi connectivity index (χ1n) is 7.33. The fraction of sp³-hybridized carbons (Fsp3) is 0.929. The lowest BCUT2D eigenvalue weighted by Crippen LogP contribution is -2.44. The van der Waals surface area contributed by atoms with Gasteiger partial charge in [-0.25, -0.2) is 0 Å². The molecule has 1 aliphatic carbocycles. The second-order valence-electron chi connectivity index (χ2n) is 5.87. The topological polar surface area (TPSA) is 43.8 Å². The lowest BCUT2D eigenvalue weighted by molar-refractivity contribution is -0.138. The van der Waals surface area contributed by atoms with Gasteiger partial charge in [0.15, 0.2) is 0 Å². The Kier molecular flexibility index (Phi) is 5.01. The number of aliphatic carboxylic acids is 1. The third kappa shape index (κ3) is 3.69. The number of carboxylic acid groups (broad SMARTS) is 1. The van der Waals surface area contributed by atoms with Crippen molar-refractivity contribution in [3.05, 3.63) is 0 Å². The minimum atomic E-state index is -0.669. The van der Waals surface area contributed by atoms with Crippen LogP contribution in [0.3, 0.4) is 0 Å². The normalized spacial score (nSPS) is 29.1. The van der Waals surface area contributed by atoms with E-state index in [4.69, 9.17) is 5.11 Å². The highest BCUT2D eigenvalue weighted by atomic mass is 16.4. The molecule has 0 spiro atoms. The number of rotatable bonds is 3. The van der Waals surface area contributed by atoms with Crippen LogP contribution < -0.4 is 0 Å². The monoisotopic (exact) mass is 254 g/mol. The summed E-state index contributed by atoms with van der Waals surface area (Å²) in [7, 11) is 2.07. The lowest BCUT2D eigenvalue weighted by Gasteiger charge is -2.35. The highest BCUT2D eigenvalue weighted by Crippen LogP contribution is 2.25. The molecule has 4 nitrogen and oxygen atoms in total. The van der Waals surface area contributed by atoms with Crippen molar-refractivity contribution in [2.45, 2.75) is 57.0 Å². The predicted octanol–water partition coefficient (Wildman–Crippen LogP) is 1.80. The number of nitrogens with zero attached hydrogens (tertiary/aromatic N) is 2. The molecule has 1 saturated heterocycles. The van der Waals surface area contributed by atoms with Gasteiger partial charge in [-0.1, -0.05) is 19.3 Å². The second kappa shape index (κ2) is 6.53. The maximum absolute atomic E-state index is 11.0. The first kappa shape index (κ1) is 13.8. The molecule has 0 bridgehead atoms. The molecule has 2 aliphatic rings. The van der Waals surface area contributed by atoms with E-state index in [1.165, 1.54) is 38.5 Å². The molecule has 2 rings (SSSR count). The Morgan fingerprint density at radius 2 is 1.89 bits per heavy atom. The molecule has 0 aromatic heterocycles. The Morgan fingerprint density at radius 1 is 1.17 bits per heavy atom. The van der Waals surface area contributed by atoms with Gasteiger partial charge < -0.3 is 10.0 Å². The first-order chi connectivity index (χ1) is 8.66. The molecule has 1 heterocycles. The van der Waals surface area contributed by atoms with Crippen molar-refractivity contribution in [1.29, 1.82) is 0 Å². The standard InChI is InChI=1S/C14H26N2O2/c1-15-8-5-9-16(11-13(15)10-14(17)18)12-6-3-2-4-7-12/h12-13H,2-11H2,1H3,(H,17,18). The van der Waals surface area contributed by atoms with Gasteiger partial charge in [0.1, 0.15) is 0 Å². The van der Waals surface area contributed by atoms with Crippen LogP contribution in [0.4, 0.5) is 0 Å². The molecule has 0 aromatic rings. The Labute approximate surface area is 110 Å². The van der Waals surface area contributed by atoms with Gasteiger partial charge in [-0.2, -0.15) is 0 Å². The molecule has 0 aromatic carbocycles. The van der Waals surface area contributed by atoms with Gasteiger partial charge in [-0.05, 0) is 39.4 Å². The van der Waals surface area contributed by atoms with Gasteiger partial charge >= 0.3 is 5.97 Å². The quantitative estimate of drug-likeness (QED) is 0.834. The third-order valence-electron chi connectivity index (χ3n) is 4.53. The van der Waals surface area contributed by atoms with E-state index in [0.29, 0.717) is 6.04 Å². The Morgan fingerprint density at radius 3 is 2.56 bits per heavy atom. The average Bonchev–Trinajstić information content (AvgIpc) is 2.53. The van der Waals surface area contributed by atoms with Crippen LogP contribution in [0.2, 0.25) is 0 Å². The molecule has 0 radical (unpaired) electrons. The average molecular weight is 254 g/mol. The number of hydrogen-bond donors (Lipinski definition) is 1. The summed E-state index contributed by atoms with van der Waals surface area (Å²) in [5.74, 6) is -0.669. The van der Waals surface area contributed by atoms with Gasteiger partial charge in [0.2, 0.25) is 0 Å². The van der Waals surface area contributed by atoms with Crippen LogP contribution in [-0.4, -0.2) is 59.6 Å². The molecule has 18 heavy (non-hydrogen) atoms. The first-order valence-corrected chi connectivity index (χ1v) is 7.33. The minimum Gasteiger partial charge on any atom is -0.481 e. The molecule has 4 heteroatoms. The molecule has 1 atom stereocenters. The van der Waals surface area contributed by atoms with E-state index in [0.717, 1.165) is 19.6 Å². The maximum atomic E-state index is 11.0. The zero-order valence-electron chi connectivity index (χ0n) is 11.5. The van der Waals surface area contributed by atoms with E-state index < -0.39 is 5.97 Å². The number of carboxylic acids is 1. The molecule has 1 aliphatic heterocycles. The van der Waals surface area contributed by atoms with Crippen LogP contribution in [-0.2, 0) is 4.79 Å². The number of likely N-dealkylation sites (N-methyl/N-ethyl adjacent to an activating group) is 1. The Bertz CT molecular complexity index is 277. The van der Waals surface area contributed by atoms with Gasteiger partial charge in [0, 0.05) is 18.6 Å². The van der Waals surface area contributed by atoms with E-state index in [2.05, 4.69) is 16.8 Å². The summed E-state index contributed by atoms with van der Waals surface area (Å²) in [5, 5.41) is 9.03. The van der Waals surface area contributed by atoms with E-state index in [1.807, 2.05) is 0 Å². The number of carbonyl (C=O) groups is 1. The molecular formula is C14H26N2O2. The van der Waals surface area contributed by atoms with Crippen LogP contribution in [0.15, 0.2) is 0 Å². The van der Waals surface area contributed by atoms with Crippen molar-refractivity contribution in [3.63, 3.8) is 0 Å². The van der Waals surface area contributed by atoms with Gasteiger partial charge in [-0.15, -0.1) is 0 Å². The Balaban J connectivity index is 1.95. The van der Waals surface area contributed by atoms with Gasteiger partial charge in [-0.3, -0.25) is 9.69 Å². The molecular weight excluding hydrogens is 228 g/mol. The predicted molar refractivity (Wildman–Crippen MR) is 71.7 cm³/mol. The van der Waals surface area contributed by atoms with Crippen LogP contribution >= 0.6 is 0 Å². The van der Waals surface area contributed by atoms with E-state index >= 15 is 0 Å². The van der Waals surface area contributed by atoms with Crippen molar-refractivity contribution in [2.75, 3.05) is 26.7 Å². The molecule has 104 valence electrons. The van der Waals surface area contributed by atoms with E-state index in [9.17, 15) is 4.79 Å². The summed E-state index contributed by atoms with van der Waals surface area (Å²) >= 11 is 0. The maximum Gasteiger partial charge on any atom is 0.304 e. The number of hydrogen-bond acceptors (Lipinski definition) is 3. The van der Waals surface area contributed by atoms with Crippen molar-refractivity contribution < 1.29 is 9.90 Å². The van der Waals surface area contributed by atoms with Crippen molar-refractivity contribution in [1.82, 2.24) is 9.80 Å². The molecule has 2 fully saturated rings. The van der Waals surface area contributed by atoms with Crippen molar-refractivity contribution >= 4 is 5.97 Å². The summed E-state index contributed by atoms with van der Waals surface area (Å²) < 4.78 is 0. The SMILES string of the molecule is CN1CCCN(C2CCCCC2)CC1CC(=O)O. The third-order valence-corrected chi connectivity index (χ3v) is 4.53. The highest BCUT2D eigenvalue weighted by molar-refractivity contribution is 5.67. The highest BCUT2D eigenvalue weighted by Gasteiger charge is 2.28. The zero-order valence-corrected chi connectivity index (χ0v) is 11.5. The van der Waals surface area contributed by atoms with E-state index in [-0.39, 0.29) is 12.5 Å². The smallest absolute Gasteiger partial charge is 0.304 e.